The number of halogens is 2. The summed E-state index contributed by atoms with van der Waals surface area (Å²) in [5.41, 5.74) is 1.61. The molecule has 0 bridgehead atoms. The largest absolute Gasteiger partial charge is 0.464 e. The van der Waals surface area contributed by atoms with E-state index in [-0.39, 0.29) is 31.1 Å². The van der Waals surface area contributed by atoms with Crippen LogP contribution in [0, 0.1) is 0 Å². The standard InChI is InChI=1S/C23H20Cl2N2O4/c1-3-19(29)31-13-12-27-23(30)20(14(2)28)21(15-4-8-17(24)9-5-15)22(26-27)16-6-10-18(25)11-7-16/h4-11H,3,12-13H2,1-2H3. The van der Waals surface area contributed by atoms with Crippen LogP contribution in [0.2, 0.25) is 10.0 Å². The van der Waals surface area contributed by atoms with E-state index in [1.807, 2.05) is 0 Å². The molecule has 0 saturated heterocycles. The Hall–Kier alpha value is -2.96. The molecule has 160 valence electrons. The van der Waals surface area contributed by atoms with Gasteiger partial charge in [-0.05, 0) is 36.8 Å². The minimum Gasteiger partial charge on any atom is -0.464 e. The molecule has 0 N–H and O–H groups in total. The fourth-order valence-corrected chi connectivity index (χ4v) is 3.36. The number of ketones is 1. The number of Topliss-reactive ketones (excluding diaryl/α,β-unsaturated/α-hetero) is 1. The van der Waals surface area contributed by atoms with Gasteiger partial charge in [0.25, 0.3) is 5.56 Å². The first-order chi connectivity index (χ1) is 14.8. The molecule has 0 unspecified atom stereocenters. The Morgan fingerprint density at radius 3 is 2.03 bits per heavy atom. The van der Waals surface area contributed by atoms with E-state index < -0.39 is 11.3 Å². The van der Waals surface area contributed by atoms with Crippen LogP contribution < -0.4 is 5.56 Å². The normalized spacial score (nSPS) is 10.7. The van der Waals surface area contributed by atoms with Crippen LogP contribution in [0.5, 0.6) is 0 Å². The number of aromatic nitrogens is 2. The van der Waals surface area contributed by atoms with Crippen molar-refractivity contribution >= 4 is 35.0 Å². The molecule has 6 nitrogen and oxygen atoms in total. The summed E-state index contributed by atoms with van der Waals surface area (Å²) >= 11 is 12.1. The maximum atomic E-state index is 13.1. The van der Waals surface area contributed by atoms with Crippen LogP contribution in [0.1, 0.15) is 30.6 Å². The Balaban J connectivity index is 2.24. The summed E-state index contributed by atoms with van der Waals surface area (Å²) < 4.78 is 6.24. The molecule has 0 fully saturated rings. The Labute approximate surface area is 189 Å². The van der Waals surface area contributed by atoms with Crippen molar-refractivity contribution < 1.29 is 14.3 Å². The molecule has 8 heteroatoms. The SMILES string of the molecule is CCC(=O)OCCn1nc(-c2ccc(Cl)cc2)c(-c2ccc(Cl)cc2)c(C(C)=O)c1=O. The van der Waals surface area contributed by atoms with Crippen LogP contribution in [-0.4, -0.2) is 28.1 Å². The number of carbonyl (C=O) groups excluding carboxylic acids is 2. The summed E-state index contributed by atoms with van der Waals surface area (Å²) in [5, 5.41) is 5.59. The van der Waals surface area contributed by atoms with Crippen LogP contribution in [0.3, 0.4) is 0 Å². The summed E-state index contributed by atoms with van der Waals surface area (Å²) in [6.07, 6.45) is 0.229. The highest BCUT2D eigenvalue weighted by Gasteiger charge is 2.23. The minimum absolute atomic E-state index is 0.00379. The molecule has 1 heterocycles. The van der Waals surface area contributed by atoms with Gasteiger partial charge in [0, 0.05) is 27.6 Å². The highest BCUT2D eigenvalue weighted by molar-refractivity contribution is 6.31. The minimum atomic E-state index is -0.553. The second kappa shape index (κ2) is 9.90. The van der Waals surface area contributed by atoms with Crippen molar-refractivity contribution in [2.24, 2.45) is 0 Å². The van der Waals surface area contributed by atoms with E-state index in [0.29, 0.717) is 32.4 Å². The van der Waals surface area contributed by atoms with Gasteiger partial charge in [0.15, 0.2) is 5.78 Å². The molecule has 0 aliphatic heterocycles. The molecule has 0 aliphatic rings. The predicted molar refractivity (Wildman–Crippen MR) is 121 cm³/mol. The second-order valence-electron chi connectivity index (χ2n) is 6.77. The third-order valence-electron chi connectivity index (χ3n) is 4.61. The van der Waals surface area contributed by atoms with Crippen molar-refractivity contribution in [1.82, 2.24) is 9.78 Å². The van der Waals surface area contributed by atoms with E-state index in [2.05, 4.69) is 5.10 Å². The van der Waals surface area contributed by atoms with Gasteiger partial charge in [-0.25, -0.2) is 4.68 Å². The van der Waals surface area contributed by atoms with E-state index in [1.54, 1.807) is 55.5 Å². The quantitative estimate of drug-likeness (QED) is 0.366. The Kier molecular flexibility index (Phi) is 7.25. The van der Waals surface area contributed by atoms with Crippen molar-refractivity contribution in [2.75, 3.05) is 6.61 Å². The summed E-state index contributed by atoms with van der Waals surface area (Å²) in [5.74, 6) is -0.776. The number of carbonyl (C=O) groups is 2. The van der Waals surface area contributed by atoms with Crippen molar-refractivity contribution in [2.45, 2.75) is 26.8 Å². The second-order valence-corrected chi connectivity index (χ2v) is 7.64. The summed E-state index contributed by atoms with van der Waals surface area (Å²) in [6.45, 7) is 3.01. The van der Waals surface area contributed by atoms with Gasteiger partial charge in [0.2, 0.25) is 0 Å². The van der Waals surface area contributed by atoms with E-state index >= 15 is 0 Å². The molecular formula is C23H20Cl2N2O4. The molecule has 0 atom stereocenters. The fraction of sp³-hybridized carbons (Fsp3) is 0.217. The molecular weight excluding hydrogens is 439 g/mol. The number of rotatable bonds is 7. The summed E-state index contributed by atoms with van der Waals surface area (Å²) in [6, 6.07) is 13.8. The van der Waals surface area contributed by atoms with Gasteiger partial charge >= 0.3 is 5.97 Å². The van der Waals surface area contributed by atoms with Gasteiger partial charge in [-0.15, -0.1) is 0 Å². The zero-order valence-corrected chi connectivity index (χ0v) is 18.5. The number of benzene rings is 2. The van der Waals surface area contributed by atoms with Crippen LogP contribution in [0.15, 0.2) is 53.3 Å². The molecule has 0 spiro atoms. The first kappa shape index (κ1) is 22.7. The van der Waals surface area contributed by atoms with Crippen LogP contribution in [-0.2, 0) is 16.1 Å². The smallest absolute Gasteiger partial charge is 0.305 e. The molecule has 2 aromatic carbocycles. The monoisotopic (exact) mass is 458 g/mol. The van der Waals surface area contributed by atoms with Crippen LogP contribution in [0.25, 0.3) is 22.4 Å². The number of ether oxygens (including phenoxy) is 1. The number of hydrogen-bond acceptors (Lipinski definition) is 5. The predicted octanol–water partition coefficient (Wildman–Crippen LogP) is 5.04. The molecule has 3 rings (SSSR count). The highest BCUT2D eigenvalue weighted by atomic mass is 35.5. The Morgan fingerprint density at radius 2 is 1.52 bits per heavy atom. The lowest BCUT2D eigenvalue weighted by Gasteiger charge is -2.16. The molecule has 0 aliphatic carbocycles. The van der Waals surface area contributed by atoms with Gasteiger partial charge in [0.05, 0.1) is 17.8 Å². The number of hydrogen-bond donors (Lipinski definition) is 0. The van der Waals surface area contributed by atoms with Crippen molar-refractivity contribution in [3.63, 3.8) is 0 Å². The van der Waals surface area contributed by atoms with Gasteiger partial charge in [-0.2, -0.15) is 5.10 Å². The van der Waals surface area contributed by atoms with E-state index in [9.17, 15) is 14.4 Å². The molecule has 0 saturated carbocycles. The molecule has 0 amide bonds. The van der Waals surface area contributed by atoms with Crippen LogP contribution >= 0.6 is 23.2 Å². The molecule has 0 radical (unpaired) electrons. The van der Waals surface area contributed by atoms with Crippen molar-refractivity contribution in [1.29, 1.82) is 0 Å². The van der Waals surface area contributed by atoms with E-state index in [0.717, 1.165) is 4.68 Å². The van der Waals surface area contributed by atoms with E-state index in [4.69, 9.17) is 27.9 Å². The first-order valence-corrected chi connectivity index (χ1v) is 10.4. The van der Waals surface area contributed by atoms with Crippen molar-refractivity contribution in [3.05, 3.63) is 74.5 Å². The average molecular weight is 459 g/mol. The summed E-state index contributed by atoms with van der Waals surface area (Å²) in [4.78, 5) is 37.2. The van der Waals surface area contributed by atoms with Gasteiger partial charge in [-0.3, -0.25) is 14.4 Å². The third-order valence-corrected chi connectivity index (χ3v) is 5.12. The lowest BCUT2D eigenvalue weighted by molar-refractivity contribution is -0.143. The Morgan fingerprint density at radius 1 is 0.968 bits per heavy atom. The maximum Gasteiger partial charge on any atom is 0.305 e. The van der Waals surface area contributed by atoms with Crippen LogP contribution in [0.4, 0.5) is 0 Å². The lowest BCUT2D eigenvalue weighted by Crippen LogP contribution is -2.31. The van der Waals surface area contributed by atoms with E-state index in [1.165, 1.54) is 6.92 Å². The Bertz CT molecular complexity index is 1170. The fourth-order valence-electron chi connectivity index (χ4n) is 3.10. The number of esters is 1. The molecule has 3 aromatic rings. The lowest BCUT2D eigenvalue weighted by atomic mass is 9.94. The van der Waals surface area contributed by atoms with Gasteiger partial charge in [-0.1, -0.05) is 54.4 Å². The maximum absolute atomic E-state index is 13.1. The molecule has 31 heavy (non-hydrogen) atoms. The topological polar surface area (TPSA) is 78.3 Å². The average Bonchev–Trinajstić information content (AvgIpc) is 2.75. The zero-order chi connectivity index (χ0) is 22.5. The highest BCUT2D eigenvalue weighted by Crippen LogP contribution is 2.33. The zero-order valence-electron chi connectivity index (χ0n) is 17.0. The van der Waals surface area contributed by atoms with Gasteiger partial charge < -0.3 is 4.74 Å². The van der Waals surface area contributed by atoms with Gasteiger partial charge in [0.1, 0.15) is 6.61 Å². The summed E-state index contributed by atoms with van der Waals surface area (Å²) in [7, 11) is 0. The third kappa shape index (κ3) is 5.21. The molecule has 1 aromatic heterocycles. The number of nitrogens with zero attached hydrogens (tertiary/aromatic N) is 2. The first-order valence-electron chi connectivity index (χ1n) is 9.65. The van der Waals surface area contributed by atoms with Crippen molar-refractivity contribution in [3.8, 4) is 22.4 Å².